The van der Waals surface area contributed by atoms with Crippen LogP contribution in [0.5, 0.6) is 0 Å². The van der Waals surface area contributed by atoms with E-state index in [0.717, 1.165) is 12.8 Å². The van der Waals surface area contributed by atoms with E-state index >= 15 is 0 Å². The zero-order valence-corrected chi connectivity index (χ0v) is 11.4. The average molecular weight is 267 g/mol. The number of nitrogens with one attached hydrogen (secondary N) is 1. The number of carboxylic acids is 1. The van der Waals surface area contributed by atoms with Crippen molar-refractivity contribution < 1.29 is 14.7 Å². The third-order valence-corrected chi connectivity index (χ3v) is 3.01. The van der Waals surface area contributed by atoms with Crippen LogP contribution in [0.1, 0.15) is 56.1 Å². The number of nitrogens with zero attached hydrogens (tertiary/aromatic N) is 2. The normalized spacial score (nSPS) is 10.7. The minimum atomic E-state index is -0.854. The third kappa shape index (κ3) is 4.73. The summed E-state index contributed by atoms with van der Waals surface area (Å²) < 4.78 is 1.81. The van der Waals surface area contributed by atoms with Gasteiger partial charge in [-0.05, 0) is 25.3 Å². The van der Waals surface area contributed by atoms with Gasteiger partial charge in [-0.2, -0.15) is 5.10 Å². The van der Waals surface area contributed by atoms with Gasteiger partial charge in [-0.1, -0.05) is 13.8 Å². The van der Waals surface area contributed by atoms with E-state index in [1.807, 2.05) is 10.9 Å². The average Bonchev–Trinajstić information content (AvgIpc) is 2.85. The first-order valence-corrected chi connectivity index (χ1v) is 6.63. The Hall–Kier alpha value is -1.85. The molecule has 0 saturated carbocycles. The van der Waals surface area contributed by atoms with Gasteiger partial charge in [-0.25, -0.2) is 0 Å². The van der Waals surface area contributed by atoms with Gasteiger partial charge in [0.2, 0.25) is 0 Å². The molecule has 0 aliphatic rings. The molecule has 0 bridgehead atoms. The van der Waals surface area contributed by atoms with E-state index in [0.29, 0.717) is 24.7 Å². The predicted octanol–water partition coefficient (Wildman–Crippen LogP) is 1.84. The summed E-state index contributed by atoms with van der Waals surface area (Å²) in [4.78, 5) is 22.1. The second kappa shape index (κ2) is 7.56. The highest BCUT2D eigenvalue weighted by atomic mass is 16.4. The molecular weight excluding hydrogens is 246 g/mol. The van der Waals surface area contributed by atoms with Crippen molar-refractivity contribution in [3.63, 3.8) is 0 Å². The third-order valence-electron chi connectivity index (χ3n) is 3.01. The molecule has 0 fully saturated rings. The molecule has 0 unspecified atom stereocenters. The summed E-state index contributed by atoms with van der Waals surface area (Å²) >= 11 is 0. The highest BCUT2D eigenvalue weighted by Crippen LogP contribution is 2.14. The fourth-order valence-electron chi connectivity index (χ4n) is 1.86. The molecule has 1 aromatic rings. The molecule has 0 atom stereocenters. The highest BCUT2D eigenvalue weighted by Gasteiger charge is 2.12. The van der Waals surface area contributed by atoms with Crippen LogP contribution in [0.3, 0.4) is 0 Å². The summed E-state index contributed by atoms with van der Waals surface area (Å²) in [6.07, 6.45) is 4.23. The van der Waals surface area contributed by atoms with Crippen molar-refractivity contribution in [1.29, 1.82) is 0 Å². The van der Waals surface area contributed by atoms with Crippen LogP contribution in [0.15, 0.2) is 12.3 Å². The lowest BCUT2D eigenvalue weighted by Crippen LogP contribution is -2.25. The van der Waals surface area contributed by atoms with Crippen LogP contribution in [0.25, 0.3) is 0 Å². The number of carboxylic acid groups (broad SMARTS) is 1. The Bertz CT molecular complexity index is 425. The van der Waals surface area contributed by atoms with Gasteiger partial charge in [0.05, 0.1) is 6.04 Å². The van der Waals surface area contributed by atoms with Crippen molar-refractivity contribution in [3.05, 3.63) is 18.0 Å². The van der Waals surface area contributed by atoms with Gasteiger partial charge >= 0.3 is 5.97 Å². The first-order chi connectivity index (χ1) is 9.08. The Morgan fingerprint density at radius 1 is 1.42 bits per heavy atom. The zero-order valence-electron chi connectivity index (χ0n) is 11.4. The topological polar surface area (TPSA) is 84.2 Å². The van der Waals surface area contributed by atoms with Gasteiger partial charge in [0.15, 0.2) is 0 Å². The van der Waals surface area contributed by atoms with Crippen molar-refractivity contribution in [2.45, 2.75) is 45.6 Å². The van der Waals surface area contributed by atoms with E-state index in [9.17, 15) is 9.59 Å². The number of carbonyl (C=O) groups is 2. The van der Waals surface area contributed by atoms with Gasteiger partial charge in [-0.15, -0.1) is 0 Å². The quantitative estimate of drug-likeness (QED) is 0.704. The van der Waals surface area contributed by atoms with E-state index < -0.39 is 5.97 Å². The molecule has 106 valence electrons. The molecule has 1 heterocycles. The van der Waals surface area contributed by atoms with Crippen LogP contribution in [0, 0.1) is 0 Å². The van der Waals surface area contributed by atoms with E-state index in [4.69, 9.17) is 5.11 Å². The summed E-state index contributed by atoms with van der Waals surface area (Å²) in [7, 11) is 0. The van der Waals surface area contributed by atoms with Crippen LogP contribution in [0.2, 0.25) is 0 Å². The maximum atomic E-state index is 11.8. The van der Waals surface area contributed by atoms with Gasteiger partial charge in [0.25, 0.3) is 5.91 Å². The molecule has 1 amide bonds. The van der Waals surface area contributed by atoms with Crippen LogP contribution < -0.4 is 5.32 Å². The largest absolute Gasteiger partial charge is 0.481 e. The zero-order chi connectivity index (χ0) is 14.3. The number of hydrogen-bond acceptors (Lipinski definition) is 3. The monoisotopic (exact) mass is 267 g/mol. The summed E-state index contributed by atoms with van der Waals surface area (Å²) in [5.41, 5.74) is 0.377. The minimum absolute atomic E-state index is 0.0580. The number of aliphatic carboxylic acids is 1. The summed E-state index contributed by atoms with van der Waals surface area (Å²) in [5, 5.41) is 15.4. The Kier molecular flexibility index (Phi) is 6.05. The molecule has 2 N–H and O–H groups in total. The minimum Gasteiger partial charge on any atom is -0.481 e. The maximum Gasteiger partial charge on any atom is 0.303 e. The lowest BCUT2D eigenvalue weighted by molar-refractivity contribution is -0.137. The van der Waals surface area contributed by atoms with Crippen LogP contribution in [-0.4, -0.2) is 33.3 Å². The van der Waals surface area contributed by atoms with Crippen molar-refractivity contribution in [1.82, 2.24) is 15.1 Å². The Morgan fingerprint density at radius 3 is 2.68 bits per heavy atom. The van der Waals surface area contributed by atoms with Gasteiger partial charge in [-0.3, -0.25) is 14.3 Å². The standard InChI is InChI=1S/C13H21N3O3/c1-3-10(4-2)16-9-7-11(15-16)13(19)14-8-5-6-12(17)18/h7,9-10H,3-6,8H2,1-2H3,(H,14,19)(H,17,18). The van der Waals surface area contributed by atoms with Gasteiger partial charge in [0.1, 0.15) is 5.69 Å². The maximum absolute atomic E-state index is 11.8. The van der Waals surface area contributed by atoms with E-state index in [1.165, 1.54) is 0 Å². The van der Waals surface area contributed by atoms with Gasteiger partial charge in [0, 0.05) is 19.2 Å². The van der Waals surface area contributed by atoms with E-state index in [2.05, 4.69) is 24.3 Å². The molecule has 6 heteroatoms. The highest BCUT2D eigenvalue weighted by molar-refractivity contribution is 5.92. The summed E-state index contributed by atoms with van der Waals surface area (Å²) in [6.45, 7) is 4.52. The number of rotatable bonds is 8. The van der Waals surface area contributed by atoms with Crippen molar-refractivity contribution in [2.75, 3.05) is 6.54 Å². The molecule has 0 saturated heterocycles. The summed E-state index contributed by atoms with van der Waals surface area (Å²) in [6, 6.07) is 2.00. The fraction of sp³-hybridized carbons (Fsp3) is 0.615. The first-order valence-electron chi connectivity index (χ1n) is 6.63. The molecule has 6 nitrogen and oxygen atoms in total. The number of hydrogen-bond donors (Lipinski definition) is 2. The van der Waals surface area contributed by atoms with Crippen LogP contribution in [-0.2, 0) is 4.79 Å². The lowest BCUT2D eigenvalue weighted by Gasteiger charge is -2.12. The molecule has 0 aliphatic heterocycles. The first kappa shape index (κ1) is 15.2. The number of carbonyl (C=O) groups excluding carboxylic acids is 1. The van der Waals surface area contributed by atoms with Crippen molar-refractivity contribution in [2.24, 2.45) is 0 Å². The predicted molar refractivity (Wildman–Crippen MR) is 71.0 cm³/mol. The second-order valence-corrected chi connectivity index (χ2v) is 4.40. The Labute approximate surface area is 112 Å². The second-order valence-electron chi connectivity index (χ2n) is 4.40. The number of amides is 1. The Morgan fingerprint density at radius 2 is 2.11 bits per heavy atom. The molecule has 0 spiro atoms. The Balaban J connectivity index is 2.47. The molecule has 0 aromatic carbocycles. The van der Waals surface area contributed by atoms with Crippen molar-refractivity contribution >= 4 is 11.9 Å². The number of aromatic nitrogens is 2. The molecule has 0 aliphatic carbocycles. The fourth-order valence-corrected chi connectivity index (χ4v) is 1.86. The molecule has 1 rings (SSSR count). The summed E-state index contributed by atoms with van der Waals surface area (Å²) in [5.74, 6) is -1.11. The smallest absolute Gasteiger partial charge is 0.303 e. The molecule has 0 radical (unpaired) electrons. The van der Waals surface area contributed by atoms with Crippen LogP contribution >= 0.6 is 0 Å². The lowest BCUT2D eigenvalue weighted by atomic mass is 10.2. The van der Waals surface area contributed by atoms with Crippen molar-refractivity contribution in [3.8, 4) is 0 Å². The SMILES string of the molecule is CCC(CC)n1ccc(C(=O)NCCCC(=O)O)n1. The molecular formula is C13H21N3O3. The molecule has 19 heavy (non-hydrogen) atoms. The molecule has 1 aromatic heterocycles. The van der Waals surface area contributed by atoms with E-state index in [1.54, 1.807) is 6.07 Å². The van der Waals surface area contributed by atoms with Gasteiger partial charge < -0.3 is 10.4 Å². The van der Waals surface area contributed by atoms with E-state index in [-0.39, 0.29) is 12.3 Å². The van der Waals surface area contributed by atoms with Crippen LogP contribution in [0.4, 0.5) is 0 Å².